The van der Waals surface area contributed by atoms with Gasteiger partial charge in [0.2, 0.25) is 0 Å². The number of rotatable bonds is 6. The highest BCUT2D eigenvalue weighted by Crippen LogP contribution is 2.26. The number of para-hydroxylation sites is 1. The van der Waals surface area contributed by atoms with Gasteiger partial charge in [-0.15, -0.1) is 0 Å². The van der Waals surface area contributed by atoms with E-state index >= 15 is 0 Å². The summed E-state index contributed by atoms with van der Waals surface area (Å²) in [6, 6.07) is 12.2. The van der Waals surface area contributed by atoms with Crippen molar-refractivity contribution >= 4 is 22.7 Å². The monoisotopic (exact) mass is 400 g/mol. The summed E-state index contributed by atoms with van der Waals surface area (Å²) in [5.74, 6) is 0.314. The molecule has 2 aromatic carbocycles. The van der Waals surface area contributed by atoms with E-state index in [0.29, 0.717) is 28.4 Å². The Kier molecular flexibility index (Phi) is 5.64. The number of aromatic nitrogens is 2. The van der Waals surface area contributed by atoms with Crippen LogP contribution in [0.3, 0.4) is 0 Å². The maximum atomic E-state index is 14.0. The van der Waals surface area contributed by atoms with Crippen molar-refractivity contribution in [3.05, 3.63) is 64.2 Å². The zero-order valence-corrected chi connectivity index (χ0v) is 16.4. The van der Waals surface area contributed by atoms with Crippen LogP contribution in [0.2, 0.25) is 0 Å². The third-order valence-corrected chi connectivity index (χ3v) is 5.87. The van der Waals surface area contributed by atoms with Gasteiger partial charge in [0.25, 0.3) is 5.56 Å². The third kappa shape index (κ3) is 3.91. The second-order valence-corrected chi connectivity index (χ2v) is 7.66. The molecular formula is C21H21FN2O3S. The molecule has 1 aliphatic heterocycles. The minimum Gasteiger partial charge on any atom is -0.494 e. The number of benzene rings is 2. The summed E-state index contributed by atoms with van der Waals surface area (Å²) in [5, 5.41) is 1.22. The molecule has 4 rings (SSSR count). The fourth-order valence-electron chi connectivity index (χ4n) is 3.36. The van der Waals surface area contributed by atoms with Crippen LogP contribution in [0.25, 0.3) is 10.9 Å². The van der Waals surface area contributed by atoms with Crippen molar-refractivity contribution in [1.29, 1.82) is 0 Å². The Hall–Kier alpha value is -2.38. The van der Waals surface area contributed by atoms with E-state index < -0.39 is 5.82 Å². The van der Waals surface area contributed by atoms with E-state index in [0.717, 1.165) is 25.0 Å². The Morgan fingerprint density at radius 1 is 1.32 bits per heavy atom. The molecule has 2 heterocycles. The van der Waals surface area contributed by atoms with Gasteiger partial charge in [-0.05, 0) is 42.7 Å². The van der Waals surface area contributed by atoms with Crippen molar-refractivity contribution in [2.24, 2.45) is 0 Å². The van der Waals surface area contributed by atoms with Gasteiger partial charge in [-0.2, -0.15) is 0 Å². The number of hydrogen-bond donors (Lipinski definition) is 0. The Bertz CT molecular complexity index is 1050. The standard InChI is InChI=1S/C21H21FN2O3S/c1-26-19-9-8-14(11-17(19)22)13-28-21-23-18-7-3-2-6-16(18)20(25)24(21)12-15-5-4-10-27-15/h2-3,6-9,11,15H,4-5,10,12-13H2,1H3/t15-/m1/s1. The lowest BCUT2D eigenvalue weighted by atomic mass is 10.2. The highest BCUT2D eigenvalue weighted by molar-refractivity contribution is 7.98. The van der Waals surface area contributed by atoms with Gasteiger partial charge in [-0.25, -0.2) is 9.37 Å². The number of hydrogen-bond acceptors (Lipinski definition) is 5. The zero-order chi connectivity index (χ0) is 19.5. The Balaban J connectivity index is 1.66. The van der Waals surface area contributed by atoms with E-state index in [4.69, 9.17) is 14.5 Å². The summed E-state index contributed by atoms with van der Waals surface area (Å²) in [6.07, 6.45) is 1.97. The van der Waals surface area contributed by atoms with Gasteiger partial charge >= 0.3 is 0 Å². The first-order valence-electron chi connectivity index (χ1n) is 9.22. The van der Waals surface area contributed by atoms with Crippen molar-refractivity contribution in [3.8, 4) is 5.75 Å². The zero-order valence-electron chi connectivity index (χ0n) is 15.6. The average Bonchev–Trinajstić information content (AvgIpc) is 3.22. The molecule has 3 aromatic rings. The lowest BCUT2D eigenvalue weighted by Gasteiger charge is -2.16. The van der Waals surface area contributed by atoms with Gasteiger partial charge in [0.05, 0.1) is 30.7 Å². The highest BCUT2D eigenvalue weighted by Gasteiger charge is 2.20. The molecule has 1 fully saturated rings. The summed E-state index contributed by atoms with van der Waals surface area (Å²) in [4.78, 5) is 17.8. The average molecular weight is 400 g/mol. The molecule has 1 saturated heterocycles. The molecule has 0 unspecified atom stereocenters. The minimum absolute atomic E-state index is 0.0263. The van der Waals surface area contributed by atoms with Gasteiger partial charge in [0, 0.05) is 12.4 Å². The van der Waals surface area contributed by atoms with Crippen molar-refractivity contribution in [2.45, 2.75) is 36.4 Å². The molecule has 0 bridgehead atoms. The van der Waals surface area contributed by atoms with Gasteiger partial charge in [0.15, 0.2) is 16.7 Å². The number of thioether (sulfide) groups is 1. The molecule has 0 spiro atoms. The first kappa shape index (κ1) is 19.0. The number of ether oxygens (including phenoxy) is 2. The van der Waals surface area contributed by atoms with Gasteiger partial charge in [-0.1, -0.05) is 30.0 Å². The van der Waals surface area contributed by atoms with Crippen LogP contribution in [0.4, 0.5) is 4.39 Å². The Morgan fingerprint density at radius 2 is 2.18 bits per heavy atom. The minimum atomic E-state index is -0.399. The molecule has 0 aliphatic carbocycles. The molecule has 1 aromatic heterocycles. The van der Waals surface area contributed by atoms with Crippen LogP contribution in [0.15, 0.2) is 52.4 Å². The van der Waals surface area contributed by atoms with Crippen LogP contribution in [0.1, 0.15) is 18.4 Å². The normalized spacial score (nSPS) is 16.6. The first-order chi connectivity index (χ1) is 13.7. The quantitative estimate of drug-likeness (QED) is 0.462. The fourth-order valence-corrected chi connectivity index (χ4v) is 4.31. The molecule has 1 aliphatic rings. The van der Waals surface area contributed by atoms with E-state index in [1.54, 1.807) is 16.7 Å². The highest BCUT2D eigenvalue weighted by atomic mass is 32.2. The molecular weight excluding hydrogens is 379 g/mol. The molecule has 0 N–H and O–H groups in total. The molecule has 146 valence electrons. The number of halogens is 1. The summed E-state index contributed by atoms with van der Waals surface area (Å²) < 4.78 is 26.4. The lowest BCUT2D eigenvalue weighted by molar-refractivity contribution is 0.0937. The smallest absolute Gasteiger partial charge is 0.262 e. The second-order valence-electron chi connectivity index (χ2n) is 6.72. The molecule has 7 heteroatoms. The van der Waals surface area contributed by atoms with E-state index in [2.05, 4.69) is 0 Å². The van der Waals surface area contributed by atoms with Crippen LogP contribution < -0.4 is 10.3 Å². The predicted octanol–water partition coefficient (Wildman–Crippen LogP) is 4.02. The maximum Gasteiger partial charge on any atom is 0.262 e. The van der Waals surface area contributed by atoms with Gasteiger partial charge in [0.1, 0.15) is 0 Å². The van der Waals surface area contributed by atoms with Crippen LogP contribution in [-0.2, 0) is 17.0 Å². The van der Waals surface area contributed by atoms with Crippen molar-refractivity contribution in [2.75, 3.05) is 13.7 Å². The lowest BCUT2D eigenvalue weighted by Crippen LogP contribution is -2.28. The first-order valence-corrected chi connectivity index (χ1v) is 10.2. The van der Waals surface area contributed by atoms with Crippen molar-refractivity contribution in [3.63, 3.8) is 0 Å². The number of methoxy groups -OCH3 is 1. The predicted molar refractivity (Wildman–Crippen MR) is 107 cm³/mol. The van der Waals surface area contributed by atoms with E-state index in [1.807, 2.05) is 24.3 Å². The molecule has 0 saturated carbocycles. The summed E-state index contributed by atoms with van der Waals surface area (Å²) >= 11 is 1.42. The third-order valence-electron chi connectivity index (χ3n) is 4.82. The van der Waals surface area contributed by atoms with Crippen LogP contribution in [-0.4, -0.2) is 29.4 Å². The Labute approximate surface area is 166 Å². The van der Waals surface area contributed by atoms with Gasteiger partial charge in [-0.3, -0.25) is 9.36 Å². The summed E-state index contributed by atoms with van der Waals surface area (Å²) in [6.45, 7) is 1.21. The van der Waals surface area contributed by atoms with Crippen molar-refractivity contribution < 1.29 is 13.9 Å². The topological polar surface area (TPSA) is 53.3 Å². The number of fused-ring (bicyclic) bond motifs is 1. The Morgan fingerprint density at radius 3 is 2.93 bits per heavy atom. The molecule has 5 nitrogen and oxygen atoms in total. The molecule has 1 atom stereocenters. The van der Waals surface area contributed by atoms with Crippen LogP contribution in [0.5, 0.6) is 5.75 Å². The van der Waals surface area contributed by atoms with E-state index in [-0.39, 0.29) is 17.4 Å². The van der Waals surface area contributed by atoms with E-state index in [1.165, 1.54) is 24.9 Å². The summed E-state index contributed by atoms with van der Waals surface area (Å²) in [5.41, 5.74) is 1.40. The molecule has 0 radical (unpaired) electrons. The maximum absolute atomic E-state index is 14.0. The van der Waals surface area contributed by atoms with Gasteiger partial charge < -0.3 is 9.47 Å². The van der Waals surface area contributed by atoms with Crippen LogP contribution >= 0.6 is 11.8 Å². The van der Waals surface area contributed by atoms with Crippen LogP contribution in [0, 0.1) is 5.82 Å². The number of nitrogens with zero attached hydrogens (tertiary/aromatic N) is 2. The molecule has 28 heavy (non-hydrogen) atoms. The second kappa shape index (κ2) is 8.32. The molecule has 0 amide bonds. The van der Waals surface area contributed by atoms with Crippen molar-refractivity contribution in [1.82, 2.24) is 9.55 Å². The largest absolute Gasteiger partial charge is 0.494 e. The SMILES string of the molecule is COc1ccc(CSc2nc3ccccc3c(=O)n2C[C@H]2CCCO2)cc1F. The fraction of sp³-hybridized carbons (Fsp3) is 0.333. The van der Waals surface area contributed by atoms with E-state index in [9.17, 15) is 9.18 Å². The summed E-state index contributed by atoms with van der Waals surface area (Å²) in [7, 11) is 1.44.